The molecule has 1 heterocycles. The number of amides is 1. The minimum Gasteiger partial charge on any atom is -0.299 e. The molecule has 10 heteroatoms. The van der Waals surface area contributed by atoms with Gasteiger partial charge < -0.3 is 0 Å². The van der Waals surface area contributed by atoms with Crippen LogP contribution in [0.3, 0.4) is 0 Å². The van der Waals surface area contributed by atoms with Crippen LogP contribution in [0.2, 0.25) is 0 Å². The molecule has 0 fully saturated rings. The molecular weight excluding hydrogens is 416 g/mol. The van der Waals surface area contributed by atoms with Crippen molar-refractivity contribution >= 4 is 49.8 Å². The lowest BCUT2D eigenvalue weighted by molar-refractivity contribution is -0.114. The molecule has 0 aliphatic heterocycles. The molecular formula is C18H18N4O3S3. The average Bonchev–Trinajstić information content (AvgIpc) is 3.14. The SMILES string of the molecule is CCSc1nnc(NC(=O)CN(c2ccccc2)S(=O)(=O)c2ccccc2)s1. The van der Waals surface area contributed by atoms with Gasteiger partial charge in [0.15, 0.2) is 4.34 Å². The summed E-state index contributed by atoms with van der Waals surface area (Å²) in [5.74, 6) is 0.354. The molecule has 1 N–H and O–H groups in total. The number of thioether (sulfide) groups is 1. The fourth-order valence-electron chi connectivity index (χ4n) is 2.36. The number of rotatable bonds is 8. The third-order valence-corrected chi connectivity index (χ3v) is 7.23. The van der Waals surface area contributed by atoms with E-state index in [2.05, 4.69) is 15.5 Å². The molecule has 0 aliphatic rings. The van der Waals surface area contributed by atoms with E-state index in [9.17, 15) is 13.2 Å². The van der Waals surface area contributed by atoms with Crippen LogP contribution >= 0.6 is 23.1 Å². The Morgan fingerprint density at radius 3 is 2.36 bits per heavy atom. The van der Waals surface area contributed by atoms with E-state index in [1.165, 1.54) is 35.2 Å². The van der Waals surface area contributed by atoms with Crippen molar-refractivity contribution in [1.82, 2.24) is 10.2 Å². The Morgan fingerprint density at radius 2 is 1.71 bits per heavy atom. The first-order valence-corrected chi connectivity index (χ1v) is 11.6. The number of carbonyl (C=O) groups excluding carboxylic acids is 1. The molecule has 0 bridgehead atoms. The highest BCUT2D eigenvalue weighted by Gasteiger charge is 2.27. The predicted molar refractivity (Wildman–Crippen MR) is 112 cm³/mol. The Hall–Kier alpha value is -2.43. The molecule has 0 saturated heterocycles. The smallest absolute Gasteiger partial charge is 0.264 e. The van der Waals surface area contributed by atoms with E-state index in [4.69, 9.17) is 0 Å². The number of hydrogen-bond acceptors (Lipinski definition) is 7. The highest BCUT2D eigenvalue weighted by molar-refractivity contribution is 8.01. The Bertz CT molecular complexity index is 1020. The summed E-state index contributed by atoms with van der Waals surface area (Å²) in [6.45, 7) is 1.62. The zero-order valence-electron chi connectivity index (χ0n) is 15.0. The van der Waals surface area contributed by atoms with Crippen LogP contribution in [0.25, 0.3) is 0 Å². The van der Waals surface area contributed by atoms with Gasteiger partial charge in [-0.3, -0.25) is 14.4 Å². The Morgan fingerprint density at radius 1 is 1.07 bits per heavy atom. The van der Waals surface area contributed by atoms with Crippen molar-refractivity contribution in [2.45, 2.75) is 16.2 Å². The number of para-hydroxylation sites is 1. The van der Waals surface area contributed by atoms with Crippen LogP contribution in [0, 0.1) is 0 Å². The van der Waals surface area contributed by atoms with Gasteiger partial charge in [-0.1, -0.05) is 66.4 Å². The molecule has 3 rings (SSSR count). The average molecular weight is 435 g/mol. The molecule has 3 aromatic rings. The summed E-state index contributed by atoms with van der Waals surface area (Å²) < 4.78 is 28.1. The highest BCUT2D eigenvalue weighted by Crippen LogP contribution is 2.26. The third kappa shape index (κ3) is 4.89. The van der Waals surface area contributed by atoms with Gasteiger partial charge >= 0.3 is 0 Å². The number of hydrogen-bond donors (Lipinski definition) is 1. The van der Waals surface area contributed by atoms with Crippen LogP contribution in [0.5, 0.6) is 0 Å². The van der Waals surface area contributed by atoms with Crippen LogP contribution in [0.1, 0.15) is 6.92 Å². The van der Waals surface area contributed by atoms with Gasteiger partial charge in [0.25, 0.3) is 10.0 Å². The minimum atomic E-state index is -3.91. The summed E-state index contributed by atoms with van der Waals surface area (Å²) in [6, 6.07) is 16.5. The first-order chi connectivity index (χ1) is 13.5. The maximum absolute atomic E-state index is 13.1. The lowest BCUT2D eigenvalue weighted by atomic mass is 10.3. The van der Waals surface area contributed by atoms with Crippen molar-refractivity contribution in [3.63, 3.8) is 0 Å². The van der Waals surface area contributed by atoms with Gasteiger partial charge in [0.1, 0.15) is 6.54 Å². The Labute approximate surface area is 171 Å². The van der Waals surface area contributed by atoms with Crippen LogP contribution < -0.4 is 9.62 Å². The predicted octanol–water partition coefficient (Wildman–Crippen LogP) is 3.48. The van der Waals surface area contributed by atoms with Gasteiger partial charge in [-0.05, 0) is 30.0 Å². The topological polar surface area (TPSA) is 92.3 Å². The second kappa shape index (κ2) is 9.18. The molecule has 0 atom stereocenters. The van der Waals surface area contributed by atoms with Crippen molar-refractivity contribution in [3.8, 4) is 0 Å². The molecule has 0 aliphatic carbocycles. The highest BCUT2D eigenvalue weighted by atomic mass is 32.2. The van der Waals surface area contributed by atoms with Crippen LogP contribution in [-0.2, 0) is 14.8 Å². The lowest BCUT2D eigenvalue weighted by Crippen LogP contribution is -2.38. The van der Waals surface area contributed by atoms with Gasteiger partial charge in [0.2, 0.25) is 11.0 Å². The number of sulfonamides is 1. The molecule has 0 unspecified atom stereocenters. The van der Waals surface area contributed by atoms with Gasteiger partial charge in [-0.25, -0.2) is 8.42 Å². The molecule has 0 saturated carbocycles. The second-order valence-corrected chi connectivity index (χ2v) is 9.87. The van der Waals surface area contributed by atoms with Gasteiger partial charge in [-0.15, -0.1) is 10.2 Å². The zero-order valence-corrected chi connectivity index (χ0v) is 17.4. The summed E-state index contributed by atoms with van der Waals surface area (Å²) in [7, 11) is -3.91. The maximum Gasteiger partial charge on any atom is 0.264 e. The van der Waals surface area contributed by atoms with E-state index in [0.717, 1.165) is 14.4 Å². The van der Waals surface area contributed by atoms with Crippen LogP contribution in [-0.4, -0.2) is 36.8 Å². The van der Waals surface area contributed by atoms with Crippen molar-refractivity contribution < 1.29 is 13.2 Å². The fraction of sp³-hybridized carbons (Fsp3) is 0.167. The van der Waals surface area contributed by atoms with Crippen molar-refractivity contribution in [2.24, 2.45) is 0 Å². The quantitative estimate of drug-likeness (QED) is 0.431. The summed E-state index contributed by atoms with van der Waals surface area (Å²) in [4.78, 5) is 12.7. The monoisotopic (exact) mass is 434 g/mol. The first kappa shape index (κ1) is 20.3. The van der Waals surface area contributed by atoms with Crippen LogP contribution in [0.15, 0.2) is 69.9 Å². The Balaban J connectivity index is 1.84. The first-order valence-electron chi connectivity index (χ1n) is 8.39. The zero-order chi connectivity index (χ0) is 20.0. The van der Waals surface area contributed by atoms with Crippen molar-refractivity contribution in [3.05, 3.63) is 60.7 Å². The van der Waals surface area contributed by atoms with E-state index in [1.807, 2.05) is 6.92 Å². The van der Waals surface area contributed by atoms with E-state index in [0.29, 0.717) is 10.8 Å². The van der Waals surface area contributed by atoms with Gasteiger partial charge in [0.05, 0.1) is 10.6 Å². The standard InChI is InChI=1S/C18H18N4O3S3/c1-2-26-18-21-20-17(27-18)19-16(23)13-22(14-9-5-3-6-10-14)28(24,25)15-11-7-4-8-12-15/h3-12H,2,13H2,1H3,(H,19,20,23). The summed E-state index contributed by atoms with van der Waals surface area (Å²) in [6.07, 6.45) is 0. The van der Waals surface area contributed by atoms with Gasteiger partial charge in [-0.2, -0.15) is 0 Å². The molecule has 0 spiro atoms. The molecule has 1 aromatic heterocycles. The second-order valence-electron chi connectivity index (χ2n) is 5.51. The number of aromatic nitrogens is 2. The summed E-state index contributed by atoms with van der Waals surface area (Å²) in [5, 5.41) is 10.9. The minimum absolute atomic E-state index is 0.115. The van der Waals surface area contributed by atoms with Crippen LogP contribution in [0.4, 0.5) is 10.8 Å². The number of nitrogens with zero attached hydrogens (tertiary/aromatic N) is 3. The number of nitrogens with one attached hydrogen (secondary N) is 1. The maximum atomic E-state index is 13.1. The molecule has 7 nitrogen and oxygen atoms in total. The van der Waals surface area contributed by atoms with Crippen molar-refractivity contribution in [1.29, 1.82) is 0 Å². The Kier molecular flexibility index (Phi) is 6.65. The third-order valence-electron chi connectivity index (χ3n) is 3.58. The molecule has 2 aromatic carbocycles. The molecule has 146 valence electrons. The molecule has 28 heavy (non-hydrogen) atoms. The summed E-state index contributed by atoms with van der Waals surface area (Å²) >= 11 is 2.78. The van der Waals surface area contributed by atoms with Gasteiger partial charge in [0, 0.05) is 0 Å². The summed E-state index contributed by atoms with van der Waals surface area (Å²) in [5.41, 5.74) is 0.404. The number of benzene rings is 2. The van der Waals surface area contributed by atoms with E-state index >= 15 is 0 Å². The van der Waals surface area contributed by atoms with E-state index in [1.54, 1.807) is 48.5 Å². The van der Waals surface area contributed by atoms with E-state index in [-0.39, 0.29) is 11.4 Å². The lowest BCUT2D eigenvalue weighted by Gasteiger charge is -2.23. The number of anilines is 2. The largest absolute Gasteiger partial charge is 0.299 e. The molecule has 1 amide bonds. The fourth-order valence-corrected chi connectivity index (χ4v) is 5.47. The van der Waals surface area contributed by atoms with Crippen molar-refractivity contribution in [2.75, 3.05) is 21.9 Å². The molecule has 0 radical (unpaired) electrons. The normalized spacial score (nSPS) is 11.2. The number of carbonyl (C=O) groups is 1. The van der Waals surface area contributed by atoms with E-state index < -0.39 is 15.9 Å².